The van der Waals surface area contributed by atoms with E-state index in [0.29, 0.717) is 31.0 Å². The fourth-order valence-corrected chi connectivity index (χ4v) is 2.80. The third-order valence-electron chi connectivity index (χ3n) is 4.18. The Hall–Kier alpha value is -2.65. The Labute approximate surface area is 152 Å². The molecule has 0 saturated heterocycles. The number of nitrogens with one attached hydrogen (secondary N) is 2. The van der Waals surface area contributed by atoms with Crippen LogP contribution in [0.3, 0.4) is 0 Å². The number of hydrogen-bond acceptors (Lipinski definition) is 6. The number of anilines is 2. The van der Waals surface area contributed by atoms with Crippen LogP contribution in [0.25, 0.3) is 0 Å². The normalized spacial score (nSPS) is 10.7. The molecule has 9 heteroatoms. The van der Waals surface area contributed by atoms with Crippen molar-refractivity contribution in [2.24, 2.45) is 7.05 Å². The number of nitro groups is 1. The Morgan fingerprint density at radius 1 is 1.31 bits per heavy atom. The van der Waals surface area contributed by atoms with Crippen molar-refractivity contribution in [1.29, 1.82) is 0 Å². The molecule has 0 radical (unpaired) electrons. The number of aliphatic hydroxyl groups is 2. The van der Waals surface area contributed by atoms with Gasteiger partial charge in [-0.25, -0.2) is 9.55 Å². The van der Waals surface area contributed by atoms with Crippen molar-refractivity contribution in [3.63, 3.8) is 0 Å². The minimum Gasteiger partial charge on any atom is -0.395 e. The number of hydrogen-bond donors (Lipinski definition) is 4. The number of H-pyrrole nitrogens is 1. The highest BCUT2D eigenvalue weighted by molar-refractivity contribution is 5.68. The number of aromatic nitrogens is 2. The number of aromatic amines is 1. The summed E-state index contributed by atoms with van der Waals surface area (Å²) in [6, 6.07) is 4.90. The monoisotopic (exact) mass is 364 g/mol. The average Bonchev–Trinajstić information content (AvgIpc) is 3.03. The SMILES string of the molecule is C[n+]1c[nH]cc1CCCNc1ccc(N(CCO)CCO)cc1[N+](=O)[O-]. The number of benzene rings is 1. The molecule has 0 aliphatic carbocycles. The van der Waals surface area contributed by atoms with Gasteiger partial charge in [0.2, 0.25) is 6.33 Å². The van der Waals surface area contributed by atoms with E-state index in [1.165, 1.54) is 11.8 Å². The smallest absolute Gasteiger partial charge is 0.294 e. The average molecular weight is 364 g/mol. The van der Waals surface area contributed by atoms with Crippen LogP contribution in [0.1, 0.15) is 12.1 Å². The fourth-order valence-electron chi connectivity index (χ4n) is 2.80. The van der Waals surface area contributed by atoms with Crippen molar-refractivity contribution in [2.75, 3.05) is 43.1 Å². The van der Waals surface area contributed by atoms with Gasteiger partial charge in [0, 0.05) is 37.8 Å². The van der Waals surface area contributed by atoms with Gasteiger partial charge in [0.25, 0.3) is 5.69 Å². The number of rotatable bonds is 11. The molecule has 1 aromatic heterocycles. The molecule has 2 rings (SSSR count). The number of aliphatic hydroxyl groups excluding tert-OH is 2. The van der Waals surface area contributed by atoms with Gasteiger partial charge in [0.05, 0.1) is 25.2 Å². The second kappa shape index (κ2) is 9.73. The zero-order valence-electron chi connectivity index (χ0n) is 14.9. The molecule has 0 aliphatic heterocycles. The predicted octanol–water partition coefficient (Wildman–Crippen LogP) is 0.583. The van der Waals surface area contributed by atoms with Gasteiger partial charge in [-0.15, -0.1) is 0 Å². The van der Waals surface area contributed by atoms with Gasteiger partial charge in [-0.3, -0.25) is 10.1 Å². The second-order valence-corrected chi connectivity index (χ2v) is 5.97. The molecule has 0 spiro atoms. The van der Waals surface area contributed by atoms with Crippen LogP contribution in [-0.4, -0.2) is 53.0 Å². The number of aryl methyl sites for hydroxylation is 2. The Morgan fingerprint density at radius 2 is 2.04 bits per heavy atom. The quantitative estimate of drug-likeness (QED) is 0.200. The van der Waals surface area contributed by atoms with Crippen LogP contribution in [0.5, 0.6) is 0 Å². The summed E-state index contributed by atoms with van der Waals surface area (Å²) in [7, 11) is 1.97. The van der Waals surface area contributed by atoms with Crippen LogP contribution >= 0.6 is 0 Å². The minimum absolute atomic E-state index is 0.0180. The molecule has 0 unspecified atom stereocenters. The first-order valence-electron chi connectivity index (χ1n) is 8.57. The largest absolute Gasteiger partial charge is 0.395 e. The van der Waals surface area contributed by atoms with E-state index in [9.17, 15) is 10.1 Å². The zero-order valence-corrected chi connectivity index (χ0v) is 14.9. The van der Waals surface area contributed by atoms with E-state index >= 15 is 0 Å². The van der Waals surface area contributed by atoms with Gasteiger partial charge in [0.1, 0.15) is 17.6 Å². The summed E-state index contributed by atoms with van der Waals surface area (Å²) in [6.45, 7) is 1.04. The third kappa shape index (κ3) is 5.17. The molecule has 0 aliphatic rings. The van der Waals surface area contributed by atoms with E-state index in [2.05, 4.69) is 10.3 Å². The van der Waals surface area contributed by atoms with Gasteiger partial charge < -0.3 is 20.4 Å². The van der Waals surface area contributed by atoms with Crippen LogP contribution in [0.15, 0.2) is 30.7 Å². The van der Waals surface area contributed by atoms with Gasteiger partial charge in [-0.2, -0.15) is 0 Å². The highest BCUT2D eigenvalue weighted by Gasteiger charge is 2.17. The topological polar surface area (TPSA) is 119 Å². The fraction of sp³-hybridized carbons (Fsp3) is 0.471. The molecule has 1 heterocycles. The van der Waals surface area contributed by atoms with Crippen molar-refractivity contribution < 1.29 is 19.7 Å². The molecule has 0 amide bonds. The van der Waals surface area contributed by atoms with Gasteiger partial charge in [0.15, 0.2) is 0 Å². The molecule has 0 atom stereocenters. The lowest BCUT2D eigenvalue weighted by molar-refractivity contribution is -0.677. The zero-order chi connectivity index (χ0) is 18.9. The maximum absolute atomic E-state index is 11.4. The highest BCUT2D eigenvalue weighted by Crippen LogP contribution is 2.29. The maximum Gasteiger partial charge on any atom is 0.294 e. The Morgan fingerprint density at radius 3 is 2.62 bits per heavy atom. The summed E-state index contributed by atoms with van der Waals surface area (Å²) >= 11 is 0. The summed E-state index contributed by atoms with van der Waals surface area (Å²) < 4.78 is 2.01. The molecule has 0 fully saturated rings. The summed E-state index contributed by atoms with van der Waals surface area (Å²) in [5.41, 5.74) is 2.21. The van der Waals surface area contributed by atoms with E-state index in [1.54, 1.807) is 17.0 Å². The number of imidazole rings is 1. The van der Waals surface area contributed by atoms with E-state index in [4.69, 9.17) is 10.2 Å². The molecule has 0 saturated carbocycles. The van der Waals surface area contributed by atoms with Crippen LogP contribution < -0.4 is 14.8 Å². The highest BCUT2D eigenvalue weighted by atomic mass is 16.6. The van der Waals surface area contributed by atoms with Crippen LogP contribution in [-0.2, 0) is 13.5 Å². The van der Waals surface area contributed by atoms with Gasteiger partial charge in [-0.05, 0) is 18.6 Å². The van der Waals surface area contributed by atoms with E-state index < -0.39 is 4.92 Å². The second-order valence-electron chi connectivity index (χ2n) is 5.97. The minimum atomic E-state index is -0.423. The molecule has 1 aromatic carbocycles. The molecule has 9 nitrogen and oxygen atoms in total. The lowest BCUT2D eigenvalue weighted by Crippen LogP contribution is -2.30. The standard InChI is InChI=1S/C17H25N5O4/c1-20-13-18-12-15(20)3-2-6-19-16-5-4-14(11-17(16)22(25)26)21(7-9-23)8-10-24/h4-5,11-13,19,23-24H,2-3,6-10H2,1H3/p+1. The molecule has 142 valence electrons. The van der Waals surface area contributed by atoms with E-state index in [0.717, 1.165) is 12.8 Å². The third-order valence-corrected chi connectivity index (χ3v) is 4.18. The Bertz CT molecular complexity index is 713. The van der Waals surface area contributed by atoms with Gasteiger partial charge in [-0.1, -0.05) is 0 Å². The summed E-state index contributed by atoms with van der Waals surface area (Å²) in [5, 5.41) is 32.8. The van der Waals surface area contributed by atoms with Crippen molar-refractivity contribution in [2.45, 2.75) is 12.8 Å². The lowest BCUT2D eigenvalue weighted by Gasteiger charge is -2.23. The number of nitrogens with zero attached hydrogens (tertiary/aromatic N) is 3. The van der Waals surface area contributed by atoms with Gasteiger partial charge >= 0.3 is 0 Å². The van der Waals surface area contributed by atoms with Crippen LogP contribution in [0, 0.1) is 10.1 Å². The first kappa shape index (κ1) is 19.7. The summed E-state index contributed by atoms with van der Waals surface area (Å²) in [6.07, 6.45) is 5.51. The number of nitro benzene ring substituents is 1. The predicted molar refractivity (Wildman–Crippen MR) is 98.3 cm³/mol. The van der Waals surface area contributed by atoms with Crippen molar-refractivity contribution in [1.82, 2.24) is 4.98 Å². The molecule has 0 bridgehead atoms. The van der Waals surface area contributed by atoms with Crippen LogP contribution in [0.4, 0.5) is 17.1 Å². The molecule has 4 N–H and O–H groups in total. The van der Waals surface area contributed by atoms with Crippen molar-refractivity contribution in [3.8, 4) is 0 Å². The Kier molecular flexibility index (Phi) is 7.37. The molecule has 2 aromatic rings. The Balaban J connectivity index is 2.03. The lowest BCUT2D eigenvalue weighted by atomic mass is 10.2. The van der Waals surface area contributed by atoms with E-state index in [1.807, 2.05) is 24.1 Å². The molecular formula is C17H26N5O4+. The summed E-state index contributed by atoms with van der Waals surface area (Å²) in [4.78, 5) is 15.7. The summed E-state index contributed by atoms with van der Waals surface area (Å²) in [5.74, 6) is 0. The van der Waals surface area contributed by atoms with E-state index in [-0.39, 0.29) is 18.9 Å². The maximum atomic E-state index is 11.4. The molecular weight excluding hydrogens is 338 g/mol. The van der Waals surface area contributed by atoms with Crippen molar-refractivity contribution in [3.05, 3.63) is 46.5 Å². The van der Waals surface area contributed by atoms with Crippen molar-refractivity contribution >= 4 is 17.1 Å². The first-order valence-corrected chi connectivity index (χ1v) is 8.57. The molecule has 26 heavy (non-hydrogen) atoms. The van der Waals surface area contributed by atoms with Crippen LogP contribution in [0.2, 0.25) is 0 Å². The first-order chi connectivity index (χ1) is 12.6.